The molecule has 0 aromatic carbocycles. The second-order valence-corrected chi connectivity index (χ2v) is 4.39. The summed E-state index contributed by atoms with van der Waals surface area (Å²) in [4.78, 5) is 36.6. The highest BCUT2D eigenvalue weighted by atomic mass is 32.1. The average Bonchev–Trinajstić information content (AvgIpc) is 2.72. The lowest BCUT2D eigenvalue weighted by Crippen LogP contribution is -2.22. The lowest BCUT2D eigenvalue weighted by molar-refractivity contribution is -0.380. The molecule has 0 saturated heterocycles. The van der Waals surface area contributed by atoms with E-state index in [2.05, 4.69) is 4.99 Å². The Kier molecular flexibility index (Phi) is 5.37. The molecule has 0 radical (unpaired) electrons. The van der Waals surface area contributed by atoms with Gasteiger partial charge in [-0.1, -0.05) is 6.92 Å². The summed E-state index contributed by atoms with van der Waals surface area (Å²) in [6.07, 6.45) is 1.36. The van der Waals surface area contributed by atoms with Crippen LogP contribution in [0.5, 0.6) is 0 Å². The van der Waals surface area contributed by atoms with Gasteiger partial charge in [0.2, 0.25) is 5.91 Å². The zero-order valence-corrected chi connectivity index (χ0v) is 11.3. The minimum absolute atomic E-state index is 0.117. The summed E-state index contributed by atoms with van der Waals surface area (Å²) in [5.74, 6) is -0.949. The van der Waals surface area contributed by atoms with E-state index in [9.17, 15) is 19.7 Å². The molecule has 0 aliphatic carbocycles. The first-order chi connectivity index (χ1) is 8.97. The molecular weight excluding hydrogens is 274 g/mol. The van der Waals surface area contributed by atoms with E-state index in [4.69, 9.17) is 4.74 Å². The largest absolute Gasteiger partial charge is 0.465 e. The molecule has 0 atom stereocenters. The maximum absolute atomic E-state index is 11.4. The van der Waals surface area contributed by atoms with Gasteiger partial charge < -0.3 is 9.30 Å². The van der Waals surface area contributed by atoms with E-state index >= 15 is 0 Å². The summed E-state index contributed by atoms with van der Waals surface area (Å²) in [5.41, 5.74) is 0. The topological polar surface area (TPSA) is 104 Å². The maximum Gasteiger partial charge on any atom is 0.343 e. The Morgan fingerprint density at radius 3 is 2.74 bits per heavy atom. The van der Waals surface area contributed by atoms with Crippen LogP contribution in [0.4, 0.5) is 5.00 Å². The number of nitrogens with zero attached hydrogens (tertiary/aromatic N) is 3. The molecule has 0 unspecified atom stereocenters. The third-order valence-electron chi connectivity index (χ3n) is 2.02. The fourth-order valence-electron chi connectivity index (χ4n) is 1.18. The van der Waals surface area contributed by atoms with Crippen molar-refractivity contribution in [3.63, 3.8) is 0 Å². The van der Waals surface area contributed by atoms with E-state index in [1.165, 1.54) is 10.8 Å². The molecule has 9 heteroatoms. The molecule has 0 saturated carbocycles. The van der Waals surface area contributed by atoms with Crippen molar-refractivity contribution in [1.29, 1.82) is 0 Å². The minimum Gasteiger partial charge on any atom is -0.465 e. The molecule has 0 bridgehead atoms. The predicted molar refractivity (Wildman–Crippen MR) is 66.5 cm³/mol. The van der Waals surface area contributed by atoms with Gasteiger partial charge in [0.25, 0.3) is 0 Å². The number of nitro groups is 1. The number of esters is 1. The minimum atomic E-state index is -0.595. The normalized spacial score (nSPS) is 11.4. The van der Waals surface area contributed by atoms with Crippen LogP contribution in [0.1, 0.15) is 20.3 Å². The maximum atomic E-state index is 11.4. The fourth-order valence-corrected chi connectivity index (χ4v) is 2.01. The van der Waals surface area contributed by atoms with E-state index in [1.807, 2.05) is 0 Å². The van der Waals surface area contributed by atoms with Gasteiger partial charge in [-0.3, -0.25) is 19.7 Å². The lowest BCUT2D eigenvalue weighted by Gasteiger charge is -2.01. The van der Waals surface area contributed by atoms with Gasteiger partial charge in [0.1, 0.15) is 6.54 Å². The summed E-state index contributed by atoms with van der Waals surface area (Å²) in [5, 5.41) is 10.5. The Labute approximate surface area is 112 Å². The molecule has 19 heavy (non-hydrogen) atoms. The van der Waals surface area contributed by atoms with Gasteiger partial charge in [0.05, 0.1) is 17.7 Å². The number of hydrogen-bond acceptors (Lipinski definition) is 6. The van der Waals surface area contributed by atoms with Gasteiger partial charge >= 0.3 is 11.0 Å². The molecule has 8 nitrogen and oxygen atoms in total. The molecule has 1 rings (SSSR count). The molecule has 0 fully saturated rings. The molecule has 1 heterocycles. The zero-order chi connectivity index (χ0) is 14.4. The van der Waals surface area contributed by atoms with Gasteiger partial charge in [-0.25, -0.2) is 0 Å². The molecule has 1 aromatic heterocycles. The Morgan fingerprint density at radius 1 is 1.53 bits per heavy atom. The highest BCUT2D eigenvalue weighted by Crippen LogP contribution is 2.14. The molecule has 0 aliphatic rings. The van der Waals surface area contributed by atoms with Crippen molar-refractivity contribution in [2.45, 2.75) is 26.8 Å². The third-order valence-corrected chi connectivity index (χ3v) is 2.99. The summed E-state index contributed by atoms with van der Waals surface area (Å²) < 4.78 is 5.99. The number of carbonyl (C=O) groups is 2. The number of rotatable bonds is 5. The van der Waals surface area contributed by atoms with Gasteiger partial charge in [-0.15, -0.1) is 0 Å². The molecule has 1 amide bonds. The SMILES string of the molecule is CCOC(=O)Cn1cc([N+](=O)[O-])sc1=NC(=O)CC. The Bertz CT molecular complexity index is 560. The van der Waals surface area contributed by atoms with Crippen LogP contribution in [0.25, 0.3) is 0 Å². The first-order valence-electron chi connectivity index (χ1n) is 5.55. The van der Waals surface area contributed by atoms with Gasteiger partial charge in [0, 0.05) is 6.42 Å². The summed E-state index contributed by atoms with van der Waals surface area (Å²) in [6, 6.07) is 0. The second kappa shape index (κ2) is 6.78. The summed E-state index contributed by atoms with van der Waals surface area (Å²) >= 11 is 0.740. The van der Waals surface area contributed by atoms with Gasteiger partial charge in [-0.05, 0) is 18.3 Å². The van der Waals surface area contributed by atoms with Crippen molar-refractivity contribution in [2.75, 3.05) is 6.61 Å². The molecular formula is C10H13N3O5S. The molecule has 0 spiro atoms. The van der Waals surface area contributed by atoms with Crippen molar-refractivity contribution in [3.05, 3.63) is 21.1 Å². The fraction of sp³-hybridized carbons (Fsp3) is 0.500. The molecule has 0 N–H and O–H groups in total. The number of ether oxygens (including phenoxy) is 1. The van der Waals surface area contributed by atoms with E-state index in [-0.39, 0.29) is 29.4 Å². The van der Waals surface area contributed by atoms with E-state index in [0.717, 1.165) is 11.3 Å². The van der Waals surface area contributed by atoms with Crippen molar-refractivity contribution in [3.8, 4) is 0 Å². The van der Waals surface area contributed by atoms with Crippen LogP contribution in [0.2, 0.25) is 0 Å². The molecule has 1 aromatic rings. The van der Waals surface area contributed by atoms with Crippen LogP contribution in [0.15, 0.2) is 11.2 Å². The van der Waals surface area contributed by atoms with Crippen LogP contribution >= 0.6 is 11.3 Å². The average molecular weight is 287 g/mol. The van der Waals surface area contributed by atoms with E-state index < -0.39 is 16.8 Å². The second-order valence-electron chi connectivity index (χ2n) is 3.40. The molecule has 0 aliphatic heterocycles. The number of thiazole rings is 1. The van der Waals surface area contributed by atoms with Crippen LogP contribution in [-0.2, 0) is 20.9 Å². The number of hydrogen-bond donors (Lipinski definition) is 0. The van der Waals surface area contributed by atoms with Crippen LogP contribution in [0.3, 0.4) is 0 Å². The van der Waals surface area contributed by atoms with Crippen LogP contribution < -0.4 is 4.80 Å². The van der Waals surface area contributed by atoms with E-state index in [0.29, 0.717) is 0 Å². The van der Waals surface area contributed by atoms with E-state index in [1.54, 1.807) is 13.8 Å². The monoisotopic (exact) mass is 287 g/mol. The van der Waals surface area contributed by atoms with Crippen molar-refractivity contribution >= 4 is 28.2 Å². The number of carbonyl (C=O) groups excluding carboxylic acids is 2. The van der Waals surface area contributed by atoms with Gasteiger partial charge in [0.15, 0.2) is 4.80 Å². The van der Waals surface area contributed by atoms with Crippen molar-refractivity contribution < 1.29 is 19.2 Å². The number of amides is 1. The van der Waals surface area contributed by atoms with Gasteiger partial charge in [-0.2, -0.15) is 4.99 Å². The van der Waals surface area contributed by atoms with Crippen molar-refractivity contribution in [2.24, 2.45) is 4.99 Å². The lowest BCUT2D eigenvalue weighted by atomic mass is 10.5. The highest BCUT2D eigenvalue weighted by Gasteiger charge is 2.15. The smallest absolute Gasteiger partial charge is 0.343 e. The summed E-state index contributed by atoms with van der Waals surface area (Å²) in [6.45, 7) is 3.29. The standard InChI is InChI=1S/C10H13N3O5S/c1-3-7(14)11-10-12(6-9(15)18-4-2)5-8(19-10)13(16)17/h5H,3-4,6H2,1-2H3. The highest BCUT2D eigenvalue weighted by molar-refractivity contribution is 7.12. The predicted octanol–water partition coefficient (Wildman–Crippen LogP) is 0.858. The number of aromatic nitrogens is 1. The Morgan fingerprint density at radius 2 is 2.21 bits per heavy atom. The third kappa shape index (κ3) is 4.28. The first-order valence-corrected chi connectivity index (χ1v) is 6.37. The quantitative estimate of drug-likeness (QED) is 0.454. The zero-order valence-electron chi connectivity index (χ0n) is 10.5. The van der Waals surface area contributed by atoms with Crippen LogP contribution in [0, 0.1) is 10.1 Å². The summed E-state index contributed by atoms with van der Waals surface area (Å²) in [7, 11) is 0. The van der Waals surface area contributed by atoms with Crippen molar-refractivity contribution in [1.82, 2.24) is 4.57 Å². The first kappa shape index (κ1) is 15.0. The molecule has 104 valence electrons. The Hall–Kier alpha value is -2.03. The Balaban J connectivity index is 3.13. The van der Waals surface area contributed by atoms with Crippen LogP contribution in [-0.4, -0.2) is 28.0 Å².